The highest BCUT2D eigenvalue weighted by molar-refractivity contribution is 6.00. The van der Waals surface area contributed by atoms with Gasteiger partial charge in [0.1, 0.15) is 0 Å². The van der Waals surface area contributed by atoms with Crippen LogP contribution in [-0.2, 0) is 9.59 Å². The van der Waals surface area contributed by atoms with E-state index in [2.05, 4.69) is 6.92 Å². The molecule has 2 fully saturated rings. The second-order valence-electron chi connectivity index (χ2n) is 5.66. The van der Waals surface area contributed by atoms with Crippen LogP contribution in [0, 0.1) is 17.8 Å². The first kappa shape index (κ1) is 13.5. The van der Waals surface area contributed by atoms with Crippen molar-refractivity contribution in [1.29, 1.82) is 0 Å². The zero-order valence-corrected chi connectivity index (χ0v) is 11.1. The average molecular weight is 253 g/mol. The maximum absolute atomic E-state index is 12.2. The summed E-state index contributed by atoms with van der Waals surface area (Å²) < 4.78 is 0. The van der Waals surface area contributed by atoms with E-state index in [1.54, 1.807) is 0 Å². The number of aliphatic hydroxyl groups is 1. The van der Waals surface area contributed by atoms with Crippen LogP contribution < -0.4 is 0 Å². The Labute approximate surface area is 108 Å². The van der Waals surface area contributed by atoms with Gasteiger partial charge in [-0.25, -0.2) is 0 Å². The number of amides is 2. The second-order valence-corrected chi connectivity index (χ2v) is 5.66. The molecule has 2 bridgehead atoms. The summed E-state index contributed by atoms with van der Waals surface area (Å²) in [5.74, 6) is 0.499. The number of rotatable bonds is 6. The molecule has 2 rings (SSSR count). The Kier molecular flexibility index (Phi) is 4.38. The molecule has 1 aliphatic heterocycles. The molecular formula is C14H23NO3. The standard InChI is InChI=1S/C14H23NO3/c1-2-3-10(6-7-16)9-15-13(17)11-4-5-12(8-11)14(15)18/h10-12,16H,2-9H2,1H3. The number of hydrogen-bond acceptors (Lipinski definition) is 3. The van der Waals surface area contributed by atoms with Crippen LogP contribution in [0.5, 0.6) is 0 Å². The Morgan fingerprint density at radius 1 is 1.22 bits per heavy atom. The molecule has 4 heteroatoms. The van der Waals surface area contributed by atoms with Crippen molar-refractivity contribution in [3.8, 4) is 0 Å². The van der Waals surface area contributed by atoms with Gasteiger partial charge >= 0.3 is 0 Å². The van der Waals surface area contributed by atoms with Crippen LogP contribution in [-0.4, -0.2) is 35.0 Å². The lowest BCUT2D eigenvalue weighted by Gasteiger charge is -2.32. The number of piperidine rings is 1. The molecule has 0 aromatic heterocycles. The Bertz CT molecular complexity index is 301. The number of imide groups is 1. The maximum Gasteiger partial charge on any atom is 0.232 e. The lowest BCUT2D eigenvalue weighted by Crippen LogP contribution is -2.48. The summed E-state index contributed by atoms with van der Waals surface area (Å²) >= 11 is 0. The van der Waals surface area contributed by atoms with E-state index in [0.717, 1.165) is 32.1 Å². The Morgan fingerprint density at radius 3 is 2.33 bits per heavy atom. The lowest BCUT2D eigenvalue weighted by atomic mass is 9.93. The van der Waals surface area contributed by atoms with Crippen LogP contribution in [0.25, 0.3) is 0 Å². The molecule has 0 radical (unpaired) electrons. The molecule has 0 aromatic rings. The first-order chi connectivity index (χ1) is 8.67. The SMILES string of the molecule is CCCC(CCO)CN1C(=O)C2CCC(C2)C1=O. The molecule has 0 aromatic carbocycles. The quantitative estimate of drug-likeness (QED) is 0.731. The summed E-state index contributed by atoms with van der Waals surface area (Å²) in [5.41, 5.74) is 0. The molecule has 4 nitrogen and oxygen atoms in total. The van der Waals surface area contributed by atoms with Crippen molar-refractivity contribution < 1.29 is 14.7 Å². The average Bonchev–Trinajstić information content (AvgIpc) is 2.80. The van der Waals surface area contributed by atoms with Crippen molar-refractivity contribution in [3.63, 3.8) is 0 Å². The van der Waals surface area contributed by atoms with Crippen molar-refractivity contribution in [2.24, 2.45) is 17.8 Å². The van der Waals surface area contributed by atoms with E-state index >= 15 is 0 Å². The third kappa shape index (κ3) is 2.58. The zero-order chi connectivity index (χ0) is 13.1. The van der Waals surface area contributed by atoms with E-state index in [1.165, 1.54) is 4.90 Å². The van der Waals surface area contributed by atoms with Gasteiger partial charge < -0.3 is 5.11 Å². The highest BCUT2D eigenvalue weighted by atomic mass is 16.3. The molecule has 1 N–H and O–H groups in total. The minimum Gasteiger partial charge on any atom is -0.396 e. The first-order valence-corrected chi connectivity index (χ1v) is 7.13. The lowest BCUT2D eigenvalue weighted by molar-refractivity contribution is -0.153. The van der Waals surface area contributed by atoms with Crippen LogP contribution in [0.3, 0.4) is 0 Å². The number of carbonyl (C=O) groups excluding carboxylic acids is 2. The second kappa shape index (κ2) is 5.83. The Hall–Kier alpha value is -0.900. The highest BCUT2D eigenvalue weighted by Gasteiger charge is 2.45. The summed E-state index contributed by atoms with van der Waals surface area (Å²) in [5, 5.41) is 9.05. The first-order valence-electron chi connectivity index (χ1n) is 7.13. The van der Waals surface area contributed by atoms with E-state index in [0.29, 0.717) is 13.0 Å². The molecule has 1 heterocycles. The largest absolute Gasteiger partial charge is 0.396 e. The summed E-state index contributed by atoms with van der Waals surface area (Å²) in [6.45, 7) is 2.74. The molecule has 18 heavy (non-hydrogen) atoms. The van der Waals surface area contributed by atoms with E-state index in [-0.39, 0.29) is 36.2 Å². The van der Waals surface area contributed by atoms with E-state index in [4.69, 9.17) is 5.11 Å². The minimum atomic E-state index is 0.0350. The topological polar surface area (TPSA) is 57.6 Å². The van der Waals surface area contributed by atoms with Crippen LogP contribution in [0.1, 0.15) is 45.4 Å². The molecule has 2 amide bonds. The molecule has 0 spiro atoms. The zero-order valence-electron chi connectivity index (χ0n) is 11.1. The van der Waals surface area contributed by atoms with Gasteiger partial charge in [0.25, 0.3) is 0 Å². The molecule has 2 aliphatic rings. The molecule has 3 unspecified atom stereocenters. The van der Waals surface area contributed by atoms with Crippen LogP contribution in [0.15, 0.2) is 0 Å². The normalized spacial score (nSPS) is 28.9. The molecule has 1 saturated carbocycles. The van der Waals surface area contributed by atoms with E-state index in [1.807, 2.05) is 0 Å². The molecule has 1 saturated heterocycles. The fraction of sp³-hybridized carbons (Fsp3) is 0.857. The van der Waals surface area contributed by atoms with Crippen molar-refractivity contribution in [1.82, 2.24) is 4.90 Å². The predicted octanol–water partition coefficient (Wildman–Crippen LogP) is 1.57. The predicted molar refractivity (Wildman–Crippen MR) is 67.7 cm³/mol. The van der Waals surface area contributed by atoms with Crippen molar-refractivity contribution >= 4 is 11.8 Å². The van der Waals surface area contributed by atoms with Gasteiger partial charge in [0.15, 0.2) is 0 Å². The number of nitrogens with zero attached hydrogens (tertiary/aromatic N) is 1. The monoisotopic (exact) mass is 253 g/mol. The van der Waals surface area contributed by atoms with Gasteiger partial charge in [-0.1, -0.05) is 13.3 Å². The number of carbonyl (C=O) groups is 2. The highest BCUT2D eigenvalue weighted by Crippen LogP contribution is 2.38. The van der Waals surface area contributed by atoms with Crippen molar-refractivity contribution in [3.05, 3.63) is 0 Å². The maximum atomic E-state index is 12.2. The third-order valence-electron chi connectivity index (χ3n) is 4.34. The fourth-order valence-corrected chi connectivity index (χ4v) is 3.34. The minimum absolute atomic E-state index is 0.0350. The van der Waals surface area contributed by atoms with Gasteiger partial charge in [-0.05, 0) is 38.0 Å². The number of aliphatic hydroxyl groups excluding tert-OH is 1. The summed E-state index contributed by atoms with van der Waals surface area (Å²) in [7, 11) is 0. The fourth-order valence-electron chi connectivity index (χ4n) is 3.34. The van der Waals surface area contributed by atoms with Gasteiger partial charge in [-0.2, -0.15) is 0 Å². The van der Waals surface area contributed by atoms with Crippen LogP contribution >= 0.6 is 0 Å². The number of fused-ring (bicyclic) bond motifs is 2. The molecule has 3 atom stereocenters. The van der Waals surface area contributed by atoms with Gasteiger partial charge in [0.2, 0.25) is 11.8 Å². The third-order valence-corrected chi connectivity index (χ3v) is 4.34. The van der Waals surface area contributed by atoms with Gasteiger partial charge in [0.05, 0.1) is 0 Å². The molecule has 102 valence electrons. The van der Waals surface area contributed by atoms with Crippen molar-refractivity contribution in [2.75, 3.05) is 13.2 Å². The van der Waals surface area contributed by atoms with E-state index < -0.39 is 0 Å². The summed E-state index contributed by atoms with van der Waals surface area (Å²) in [4.78, 5) is 25.8. The Balaban J connectivity index is 2.02. The molecular weight excluding hydrogens is 230 g/mol. The number of likely N-dealkylation sites (tertiary alicyclic amines) is 1. The summed E-state index contributed by atoms with van der Waals surface area (Å²) in [6, 6.07) is 0. The van der Waals surface area contributed by atoms with Crippen LogP contribution in [0.2, 0.25) is 0 Å². The van der Waals surface area contributed by atoms with Crippen LogP contribution in [0.4, 0.5) is 0 Å². The van der Waals surface area contributed by atoms with E-state index in [9.17, 15) is 9.59 Å². The molecule has 1 aliphatic carbocycles. The summed E-state index contributed by atoms with van der Waals surface area (Å²) in [6.07, 6.45) is 5.20. The van der Waals surface area contributed by atoms with Crippen molar-refractivity contribution in [2.45, 2.75) is 45.4 Å². The van der Waals surface area contributed by atoms with Gasteiger partial charge in [-0.15, -0.1) is 0 Å². The smallest absolute Gasteiger partial charge is 0.232 e. The Morgan fingerprint density at radius 2 is 1.83 bits per heavy atom. The van der Waals surface area contributed by atoms with Gasteiger partial charge in [-0.3, -0.25) is 14.5 Å². The number of hydrogen-bond donors (Lipinski definition) is 1. The van der Waals surface area contributed by atoms with Gasteiger partial charge in [0, 0.05) is 25.0 Å².